The number of ether oxygens (including phenoxy) is 2. The summed E-state index contributed by atoms with van der Waals surface area (Å²) in [6.07, 6.45) is 1.30. The van der Waals surface area contributed by atoms with Gasteiger partial charge in [0, 0.05) is 6.07 Å². The maximum atomic E-state index is 12.7. The molecule has 0 atom stereocenters. The summed E-state index contributed by atoms with van der Waals surface area (Å²) in [5.41, 5.74) is 1.01. The van der Waals surface area contributed by atoms with Crippen LogP contribution in [0.3, 0.4) is 0 Å². The van der Waals surface area contributed by atoms with Gasteiger partial charge in [-0.05, 0) is 57.9 Å². The van der Waals surface area contributed by atoms with Crippen LogP contribution in [0, 0.1) is 0 Å². The standard InChI is InChI=1S/C22H13BrCl2O4/c23-16-3-1-2-4-19(16)29-21-12-28-20-10-14(6-7-15(20)22(21)26)27-11-13-5-8-17(24)18(25)9-13/h1-10,12H,11H2. The molecule has 3 aromatic carbocycles. The molecule has 1 heterocycles. The molecule has 0 bridgehead atoms. The molecule has 0 aliphatic heterocycles. The number of benzene rings is 3. The Hall–Kier alpha value is -2.47. The first kappa shape index (κ1) is 19.8. The Morgan fingerprint density at radius 3 is 2.55 bits per heavy atom. The molecule has 0 radical (unpaired) electrons. The van der Waals surface area contributed by atoms with Crippen LogP contribution in [0.5, 0.6) is 17.2 Å². The van der Waals surface area contributed by atoms with Crippen LogP contribution >= 0.6 is 39.1 Å². The van der Waals surface area contributed by atoms with Crippen molar-refractivity contribution < 1.29 is 13.9 Å². The summed E-state index contributed by atoms with van der Waals surface area (Å²) in [5, 5.41) is 1.36. The molecule has 0 saturated carbocycles. The fourth-order valence-electron chi connectivity index (χ4n) is 2.69. The molecule has 0 N–H and O–H groups in total. The lowest BCUT2D eigenvalue weighted by Gasteiger charge is -2.09. The molecule has 0 spiro atoms. The Morgan fingerprint density at radius 1 is 0.931 bits per heavy atom. The van der Waals surface area contributed by atoms with Gasteiger partial charge in [-0.15, -0.1) is 0 Å². The van der Waals surface area contributed by atoms with Crippen molar-refractivity contribution in [3.05, 3.63) is 97.2 Å². The van der Waals surface area contributed by atoms with Crippen LogP contribution in [0.2, 0.25) is 10.0 Å². The van der Waals surface area contributed by atoms with Crippen LogP contribution in [0.1, 0.15) is 5.56 Å². The maximum Gasteiger partial charge on any atom is 0.235 e. The van der Waals surface area contributed by atoms with Gasteiger partial charge < -0.3 is 13.9 Å². The van der Waals surface area contributed by atoms with Crippen LogP contribution in [-0.2, 0) is 6.61 Å². The molecule has 4 aromatic rings. The van der Waals surface area contributed by atoms with E-state index >= 15 is 0 Å². The van der Waals surface area contributed by atoms with Crippen molar-refractivity contribution in [2.45, 2.75) is 6.61 Å². The molecule has 0 aliphatic rings. The predicted octanol–water partition coefficient (Wildman–Crippen LogP) is 7.23. The zero-order valence-corrected chi connectivity index (χ0v) is 17.9. The van der Waals surface area contributed by atoms with Gasteiger partial charge in [-0.25, -0.2) is 0 Å². The van der Waals surface area contributed by atoms with Gasteiger partial charge in [0.15, 0.2) is 0 Å². The molecule has 7 heteroatoms. The summed E-state index contributed by atoms with van der Waals surface area (Å²) in [5.74, 6) is 1.20. The van der Waals surface area contributed by atoms with Gasteiger partial charge in [0.05, 0.1) is 19.9 Å². The van der Waals surface area contributed by atoms with Crippen LogP contribution in [0.15, 0.2) is 80.6 Å². The highest BCUT2D eigenvalue weighted by Gasteiger charge is 2.12. The summed E-state index contributed by atoms with van der Waals surface area (Å²) >= 11 is 15.3. The normalized spacial score (nSPS) is 10.9. The van der Waals surface area contributed by atoms with E-state index in [0.717, 1.165) is 10.0 Å². The molecular weight excluding hydrogens is 479 g/mol. The van der Waals surface area contributed by atoms with Crippen LogP contribution in [0.25, 0.3) is 11.0 Å². The summed E-state index contributed by atoms with van der Waals surface area (Å²) in [4.78, 5) is 12.7. The number of hydrogen-bond donors (Lipinski definition) is 0. The lowest BCUT2D eigenvalue weighted by atomic mass is 10.2. The number of rotatable bonds is 5. The van der Waals surface area contributed by atoms with Crippen molar-refractivity contribution in [1.82, 2.24) is 0 Å². The Balaban J connectivity index is 1.56. The number of para-hydroxylation sites is 1. The van der Waals surface area contributed by atoms with Crippen LogP contribution in [0.4, 0.5) is 0 Å². The van der Waals surface area contributed by atoms with E-state index in [1.165, 1.54) is 6.26 Å². The van der Waals surface area contributed by atoms with E-state index in [2.05, 4.69) is 15.9 Å². The van der Waals surface area contributed by atoms with Crippen molar-refractivity contribution >= 4 is 50.1 Å². The average Bonchev–Trinajstić information content (AvgIpc) is 2.72. The van der Waals surface area contributed by atoms with Crippen molar-refractivity contribution in [2.24, 2.45) is 0 Å². The van der Waals surface area contributed by atoms with E-state index < -0.39 is 0 Å². The fraction of sp³-hybridized carbons (Fsp3) is 0.0455. The molecule has 4 nitrogen and oxygen atoms in total. The largest absolute Gasteiger partial charge is 0.489 e. The zero-order chi connectivity index (χ0) is 20.4. The van der Waals surface area contributed by atoms with Crippen molar-refractivity contribution in [3.8, 4) is 17.2 Å². The Morgan fingerprint density at radius 2 is 1.76 bits per heavy atom. The van der Waals surface area contributed by atoms with Gasteiger partial charge in [-0.1, -0.05) is 41.4 Å². The van der Waals surface area contributed by atoms with Gasteiger partial charge in [-0.3, -0.25) is 4.79 Å². The van der Waals surface area contributed by atoms with E-state index in [1.54, 1.807) is 36.4 Å². The maximum absolute atomic E-state index is 12.7. The van der Waals surface area contributed by atoms with Gasteiger partial charge in [0.25, 0.3) is 0 Å². The molecule has 0 unspecified atom stereocenters. The molecule has 0 fully saturated rings. The Bertz CT molecular complexity index is 1250. The van der Waals surface area contributed by atoms with Crippen molar-refractivity contribution in [2.75, 3.05) is 0 Å². The molecule has 146 valence electrons. The Labute approximate surface area is 184 Å². The van der Waals surface area contributed by atoms with Crippen LogP contribution in [-0.4, -0.2) is 0 Å². The molecular formula is C22H13BrCl2O4. The minimum atomic E-state index is -0.266. The molecule has 4 rings (SSSR count). The fourth-order valence-corrected chi connectivity index (χ4v) is 3.38. The summed E-state index contributed by atoms with van der Waals surface area (Å²) in [6, 6.07) is 17.6. The SMILES string of the molecule is O=c1c(Oc2ccccc2Br)coc2cc(OCc3ccc(Cl)c(Cl)c3)ccc12. The summed E-state index contributed by atoms with van der Waals surface area (Å²) in [6.45, 7) is 0.301. The van der Waals surface area contributed by atoms with Crippen molar-refractivity contribution in [1.29, 1.82) is 0 Å². The average molecular weight is 492 g/mol. The quantitative estimate of drug-likeness (QED) is 0.295. The minimum Gasteiger partial charge on any atom is -0.489 e. The number of halogens is 3. The first-order valence-corrected chi connectivity index (χ1v) is 10.1. The monoisotopic (exact) mass is 490 g/mol. The second-order valence-corrected chi connectivity index (χ2v) is 7.83. The van der Waals surface area contributed by atoms with Crippen molar-refractivity contribution in [3.63, 3.8) is 0 Å². The van der Waals surface area contributed by atoms with Gasteiger partial charge in [0.1, 0.15) is 30.0 Å². The van der Waals surface area contributed by atoms with E-state index in [9.17, 15) is 4.79 Å². The third-order valence-electron chi connectivity index (χ3n) is 4.16. The first-order valence-electron chi connectivity index (χ1n) is 8.56. The molecule has 0 saturated heterocycles. The molecule has 29 heavy (non-hydrogen) atoms. The summed E-state index contributed by atoms with van der Waals surface area (Å²) < 4.78 is 17.8. The number of fused-ring (bicyclic) bond motifs is 1. The second kappa shape index (κ2) is 8.49. The lowest BCUT2D eigenvalue weighted by molar-refractivity contribution is 0.306. The summed E-state index contributed by atoms with van der Waals surface area (Å²) in [7, 11) is 0. The minimum absolute atomic E-state index is 0.105. The lowest BCUT2D eigenvalue weighted by Crippen LogP contribution is -2.05. The third-order valence-corrected chi connectivity index (χ3v) is 5.55. The molecule has 0 amide bonds. The topological polar surface area (TPSA) is 48.7 Å². The molecule has 1 aromatic heterocycles. The third kappa shape index (κ3) is 4.42. The highest BCUT2D eigenvalue weighted by atomic mass is 79.9. The Kier molecular flexibility index (Phi) is 5.81. The predicted molar refractivity (Wildman–Crippen MR) is 117 cm³/mol. The van der Waals surface area contributed by atoms with Gasteiger partial charge >= 0.3 is 0 Å². The molecule has 0 aliphatic carbocycles. The van der Waals surface area contributed by atoms with Crippen LogP contribution < -0.4 is 14.9 Å². The van der Waals surface area contributed by atoms with Gasteiger partial charge in [-0.2, -0.15) is 0 Å². The highest BCUT2D eigenvalue weighted by molar-refractivity contribution is 9.10. The van der Waals surface area contributed by atoms with E-state index in [4.69, 9.17) is 37.1 Å². The highest BCUT2D eigenvalue weighted by Crippen LogP contribution is 2.29. The van der Waals surface area contributed by atoms with E-state index in [0.29, 0.717) is 39.1 Å². The van der Waals surface area contributed by atoms with E-state index in [-0.39, 0.29) is 11.2 Å². The van der Waals surface area contributed by atoms with Gasteiger partial charge in [0.2, 0.25) is 11.2 Å². The first-order chi connectivity index (χ1) is 14.0. The smallest absolute Gasteiger partial charge is 0.235 e. The second-order valence-electron chi connectivity index (χ2n) is 6.16. The number of hydrogen-bond acceptors (Lipinski definition) is 4. The zero-order valence-electron chi connectivity index (χ0n) is 14.8. The van der Waals surface area contributed by atoms with E-state index in [1.807, 2.05) is 24.3 Å².